The summed E-state index contributed by atoms with van der Waals surface area (Å²) in [7, 11) is 0. The number of nitrogens with two attached hydrogens (primary N) is 1. The summed E-state index contributed by atoms with van der Waals surface area (Å²) in [6.07, 6.45) is 5.00. The van der Waals surface area contributed by atoms with Gasteiger partial charge in [-0.3, -0.25) is 4.90 Å². The number of hydrogen-bond donors (Lipinski definition) is 1. The number of likely N-dealkylation sites (N-methyl/N-ethyl adjacent to an activating group) is 1. The van der Waals surface area contributed by atoms with Gasteiger partial charge in [0.1, 0.15) is 0 Å². The standard InChI is InChI=1S/C15H28N4O/c1-4-18-5-6-20-13(9-18)10-19-11-17-8-15(19)14(16)7-12(2)3/h8,11-14H,4-7,9-10,16H2,1-3H3. The third kappa shape index (κ3) is 4.04. The predicted octanol–water partition coefficient (Wildman–Crippen LogP) is 1.65. The topological polar surface area (TPSA) is 56.3 Å². The molecule has 0 aliphatic carbocycles. The van der Waals surface area contributed by atoms with Crippen LogP contribution >= 0.6 is 0 Å². The molecule has 0 amide bonds. The summed E-state index contributed by atoms with van der Waals surface area (Å²) < 4.78 is 8.03. The Labute approximate surface area is 122 Å². The Hall–Kier alpha value is -0.910. The molecule has 2 N–H and O–H groups in total. The lowest BCUT2D eigenvalue weighted by atomic mass is 10.0. The quantitative estimate of drug-likeness (QED) is 0.861. The second kappa shape index (κ2) is 7.20. The number of hydrogen-bond acceptors (Lipinski definition) is 4. The molecule has 0 spiro atoms. The van der Waals surface area contributed by atoms with E-state index in [9.17, 15) is 0 Å². The fraction of sp³-hybridized carbons (Fsp3) is 0.800. The van der Waals surface area contributed by atoms with Crippen LogP contribution in [0.3, 0.4) is 0 Å². The van der Waals surface area contributed by atoms with Crippen molar-refractivity contribution >= 4 is 0 Å². The zero-order valence-corrected chi connectivity index (χ0v) is 13.0. The van der Waals surface area contributed by atoms with E-state index < -0.39 is 0 Å². The molecule has 1 aliphatic heterocycles. The molecule has 0 saturated carbocycles. The van der Waals surface area contributed by atoms with Crippen molar-refractivity contribution in [2.75, 3.05) is 26.2 Å². The first-order valence-electron chi connectivity index (χ1n) is 7.69. The van der Waals surface area contributed by atoms with E-state index in [4.69, 9.17) is 10.5 Å². The highest BCUT2D eigenvalue weighted by Gasteiger charge is 2.21. The monoisotopic (exact) mass is 280 g/mol. The van der Waals surface area contributed by atoms with E-state index >= 15 is 0 Å². The minimum absolute atomic E-state index is 0.0587. The second-order valence-electron chi connectivity index (χ2n) is 6.09. The van der Waals surface area contributed by atoms with Gasteiger partial charge in [0.2, 0.25) is 0 Å². The summed E-state index contributed by atoms with van der Waals surface area (Å²) in [5.41, 5.74) is 7.41. The molecular formula is C15H28N4O. The summed E-state index contributed by atoms with van der Waals surface area (Å²) in [5, 5.41) is 0. The number of nitrogens with zero attached hydrogens (tertiary/aromatic N) is 3. The Morgan fingerprint density at radius 1 is 1.50 bits per heavy atom. The second-order valence-corrected chi connectivity index (χ2v) is 6.09. The van der Waals surface area contributed by atoms with Crippen molar-refractivity contribution in [2.45, 2.75) is 45.9 Å². The first-order chi connectivity index (χ1) is 9.60. The Morgan fingerprint density at radius 3 is 3.00 bits per heavy atom. The number of rotatable bonds is 6. The smallest absolute Gasteiger partial charge is 0.0949 e. The van der Waals surface area contributed by atoms with Gasteiger partial charge in [-0.2, -0.15) is 0 Å². The molecule has 0 bridgehead atoms. The molecule has 1 saturated heterocycles. The van der Waals surface area contributed by atoms with Crippen LogP contribution in [0.25, 0.3) is 0 Å². The Bertz CT molecular complexity index is 404. The molecule has 2 unspecified atom stereocenters. The van der Waals surface area contributed by atoms with Crippen molar-refractivity contribution in [3.63, 3.8) is 0 Å². The molecule has 0 aromatic carbocycles. The maximum absolute atomic E-state index is 6.29. The summed E-state index contributed by atoms with van der Waals surface area (Å²) in [4.78, 5) is 6.70. The van der Waals surface area contributed by atoms with Gasteiger partial charge < -0.3 is 15.0 Å². The minimum Gasteiger partial charge on any atom is -0.374 e. The van der Waals surface area contributed by atoms with Crippen LogP contribution in [0.15, 0.2) is 12.5 Å². The van der Waals surface area contributed by atoms with Crippen molar-refractivity contribution in [2.24, 2.45) is 11.7 Å². The van der Waals surface area contributed by atoms with Crippen LogP contribution in [0, 0.1) is 5.92 Å². The summed E-state index contributed by atoms with van der Waals surface area (Å²) in [6, 6.07) is 0.0587. The SMILES string of the molecule is CCN1CCOC(Cn2cncc2C(N)CC(C)C)C1. The molecule has 5 heteroatoms. The molecular weight excluding hydrogens is 252 g/mol. The van der Waals surface area contributed by atoms with Crippen LogP contribution in [-0.4, -0.2) is 46.8 Å². The third-order valence-corrected chi connectivity index (χ3v) is 3.92. The highest BCUT2D eigenvalue weighted by molar-refractivity contribution is 5.05. The normalized spacial score (nSPS) is 22.4. The van der Waals surface area contributed by atoms with Gasteiger partial charge in [0, 0.05) is 25.3 Å². The van der Waals surface area contributed by atoms with E-state index in [1.807, 2.05) is 12.5 Å². The molecule has 114 valence electrons. The number of imidazole rings is 1. The van der Waals surface area contributed by atoms with E-state index in [0.29, 0.717) is 5.92 Å². The van der Waals surface area contributed by atoms with Crippen molar-refractivity contribution in [1.82, 2.24) is 14.5 Å². The predicted molar refractivity (Wildman–Crippen MR) is 80.5 cm³/mol. The largest absolute Gasteiger partial charge is 0.374 e. The average molecular weight is 280 g/mol. The molecule has 0 radical (unpaired) electrons. The Morgan fingerprint density at radius 2 is 2.30 bits per heavy atom. The average Bonchev–Trinajstić information content (AvgIpc) is 2.86. The molecule has 1 fully saturated rings. The van der Waals surface area contributed by atoms with Gasteiger partial charge >= 0.3 is 0 Å². The molecule has 2 rings (SSSR count). The van der Waals surface area contributed by atoms with Gasteiger partial charge in [0.05, 0.1) is 31.3 Å². The van der Waals surface area contributed by atoms with Crippen molar-refractivity contribution in [1.29, 1.82) is 0 Å². The molecule has 1 aromatic heterocycles. The maximum atomic E-state index is 6.29. The zero-order chi connectivity index (χ0) is 14.5. The lowest BCUT2D eigenvalue weighted by Crippen LogP contribution is -2.44. The summed E-state index contributed by atoms with van der Waals surface area (Å²) in [5.74, 6) is 0.592. The van der Waals surface area contributed by atoms with Crippen molar-refractivity contribution < 1.29 is 4.74 Å². The number of ether oxygens (including phenoxy) is 1. The highest BCUT2D eigenvalue weighted by atomic mass is 16.5. The van der Waals surface area contributed by atoms with E-state index in [1.54, 1.807) is 0 Å². The van der Waals surface area contributed by atoms with Gasteiger partial charge in [-0.1, -0.05) is 20.8 Å². The van der Waals surface area contributed by atoms with Crippen LogP contribution < -0.4 is 5.73 Å². The van der Waals surface area contributed by atoms with Crippen LogP contribution in [0.4, 0.5) is 0 Å². The lowest BCUT2D eigenvalue weighted by molar-refractivity contribution is -0.0347. The van der Waals surface area contributed by atoms with Crippen LogP contribution in [0.5, 0.6) is 0 Å². The summed E-state index contributed by atoms with van der Waals surface area (Å²) in [6.45, 7) is 11.4. The van der Waals surface area contributed by atoms with Crippen molar-refractivity contribution in [3.05, 3.63) is 18.2 Å². The highest BCUT2D eigenvalue weighted by Crippen LogP contribution is 2.19. The van der Waals surface area contributed by atoms with Gasteiger partial charge in [-0.15, -0.1) is 0 Å². The molecule has 1 aliphatic rings. The molecule has 2 atom stereocenters. The molecule has 20 heavy (non-hydrogen) atoms. The Kier molecular flexibility index (Phi) is 5.57. The van der Waals surface area contributed by atoms with Crippen LogP contribution in [0.1, 0.15) is 38.9 Å². The summed E-state index contributed by atoms with van der Waals surface area (Å²) >= 11 is 0. The van der Waals surface area contributed by atoms with Gasteiger partial charge in [0.25, 0.3) is 0 Å². The first-order valence-corrected chi connectivity index (χ1v) is 7.69. The van der Waals surface area contributed by atoms with Gasteiger partial charge in [0.15, 0.2) is 0 Å². The van der Waals surface area contributed by atoms with Gasteiger partial charge in [-0.25, -0.2) is 4.98 Å². The van der Waals surface area contributed by atoms with E-state index in [1.165, 1.54) is 0 Å². The van der Waals surface area contributed by atoms with Gasteiger partial charge in [-0.05, 0) is 18.9 Å². The molecule has 5 nitrogen and oxygen atoms in total. The maximum Gasteiger partial charge on any atom is 0.0949 e. The van der Waals surface area contributed by atoms with E-state index in [0.717, 1.165) is 44.9 Å². The molecule has 2 heterocycles. The fourth-order valence-electron chi connectivity index (χ4n) is 2.82. The van der Waals surface area contributed by atoms with Crippen LogP contribution in [-0.2, 0) is 11.3 Å². The third-order valence-electron chi connectivity index (χ3n) is 3.92. The minimum atomic E-state index is 0.0587. The Balaban J connectivity index is 1.97. The fourth-order valence-corrected chi connectivity index (χ4v) is 2.82. The van der Waals surface area contributed by atoms with Crippen LogP contribution in [0.2, 0.25) is 0 Å². The van der Waals surface area contributed by atoms with E-state index in [-0.39, 0.29) is 12.1 Å². The zero-order valence-electron chi connectivity index (χ0n) is 13.0. The van der Waals surface area contributed by atoms with Crippen molar-refractivity contribution in [3.8, 4) is 0 Å². The van der Waals surface area contributed by atoms with E-state index in [2.05, 4.69) is 35.2 Å². The number of aromatic nitrogens is 2. The molecule has 1 aromatic rings. The number of morpholine rings is 1. The lowest BCUT2D eigenvalue weighted by Gasteiger charge is -2.32. The first kappa shape index (κ1) is 15.5.